The fraction of sp³-hybridized carbons (Fsp3) is 0.577. The Hall–Kier alpha value is -2.67. The monoisotopic (exact) mass is 462 g/mol. The number of ether oxygens (including phenoxy) is 2. The highest BCUT2D eigenvalue weighted by atomic mass is 16.6. The minimum atomic E-state index is -1.46. The van der Waals surface area contributed by atoms with E-state index in [-0.39, 0.29) is 18.0 Å². The molecule has 33 heavy (non-hydrogen) atoms. The lowest BCUT2D eigenvalue weighted by molar-refractivity contribution is -0.144. The first-order valence-corrected chi connectivity index (χ1v) is 11.6. The number of unbranched alkanes of at least 4 members (excludes halogenated alkanes) is 6. The average Bonchev–Trinajstić information content (AvgIpc) is 2.75. The number of ketones is 1. The van der Waals surface area contributed by atoms with Crippen LogP contribution in [0.2, 0.25) is 0 Å². The van der Waals surface area contributed by atoms with E-state index in [0.29, 0.717) is 17.7 Å². The number of Topliss-reactive ketones (excluding diaryl/α,β-unsaturated/α-hetero) is 1. The molecule has 1 aromatic carbocycles. The maximum Gasteiger partial charge on any atom is 0.334 e. The second kappa shape index (κ2) is 14.5. The van der Waals surface area contributed by atoms with Gasteiger partial charge in [0.1, 0.15) is 24.1 Å². The molecule has 0 fully saturated rings. The number of hydrogen-bond acceptors (Lipinski definition) is 6. The van der Waals surface area contributed by atoms with Crippen LogP contribution in [0, 0.1) is 0 Å². The number of esters is 1. The number of carbonyl (C=O) groups excluding carboxylic acids is 2. The van der Waals surface area contributed by atoms with Crippen LogP contribution in [-0.4, -0.2) is 46.2 Å². The molecule has 0 bridgehead atoms. The number of carboxylic acids is 1. The van der Waals surface area contributed by atoms with Gasteiger partial charge in [0.15, 0.2) is 5.78 Å². The molecule has 0 aliphatic rings. The molecule has 0 aliphatic heterocycles. The molecule has 1 atom stereocenters. The molecule has 0 radical (unpaired) electrons. The van der Waals surface area contributed by atoms with E-state index in [9.17, 15) is 19.5 Å². The van der Waals surface area contributed by atoms with Gasteiger partial charge in [-0.05, 0) is 51.0 Å². The van der Waals surface area contributed by atoms with Crippen LogP contribution < -0.4 is 4.74 Å². The van der Waals surface area contributed by atoms with E-state index >= 15 is 0 Å². The number of hydrogen-bond donors (Lipinski definition) is 2. The van der Waals surface area contributed by atoms with E-state index in [4.69, 9.17) is 14.6 Å². The topological polar surface area (TPSA) is 110 Å². The molecule has 2 N–H and O–H groups in total. The molecule has 0 spiro atoms. The molecular weight excluding hydrogens is 424 g/mol. The van der Waals surface area contributed by atoms with Gasteiger partial charge in [0.25, 0.3) is 0 Å². The second-order valence-electron chi connectivity index (χ2n) is 8.83. The van der Waals surface area contributed by atoms with Crippen LogP contribution in [0.3, 0.4) is 0 Å². The van der Waals surface area contributed by atoms with Gasteiger partial charge in [-0.25, -0.2) is 4.79 Å². The SMILES string of the molecule is C=C(CC(=O)O)C(=O)OCC(CCCCCCCCC)Oc1ccc(C(=O)C(C)(C)O)cc1. The standard InChI is InChI=1S/C26H38O7/c1-5-6-7-8-9-10-11-12-22(18-32-25(30)19(2)17-23(27)28)33-21-15-13-20(14-16-21)24(29)26(3,4)31/h13-16,22,31H,2,5-12,17-18H2,1,3-4H3,(H,27,28). The maximum atomic E-state index is 12.2. The summed E-state index contributed by atoms with van der Waals surface area (Å²) >= 11 is 0. The van der Waals surface area contributed by atoms with Crippen LogP contribution in [-0.2, 0) is 14.3 Å². The lowest BCUT2D eigenvalue weighted by Crippen LogP contribution is -2.31. The van der Waals surface area contributed by atoms with Crippen LogP contribution in [0.15, 0.2) is 36.4 Å². The van der Waals surface area contributed by atoms with Crippen molar-refractivity contribution in [2.45, 2.75) is 90.3 Å². The molecule has 0 saturated carbocycles. The quantitative estimate of drug-likeness (QED) is 0.143. The van der Waals surface area contributed by atoms with Crippen molar-refractivity contribution >= 4 is 17.7 Å². The van der Waals surface area contributed by atoms with E-state index in [1.54, 1.807) is 24.3 Å². The summed E-state index contributed by atoms with van der Waals surface area (Å²) in [5.74, 6) is -1.78. The highest BCUT2D eigenvalue weighted by Crippen LogP contribution is 2.20. The van der Waals surface area contributed by atoms with Crippen molar-refractivity contribution in [1.29, 1.82) is 0 Å². The summed E-state index contributed by atoms with van der Waals surface area (Å²) in [6.45, 7) is 8.49. The third-order valence-corrected chi connectivity index (χ3v) is 5.16. The van der Waals surface area contributed by atoms with Crippen LogP contribution in [0.25, 0.3) is 0 Å². The summed E-state index contributed by atoms with van der Waals surface area (Å²) in [6, 6.07) is 6.45. The van der Waals surface area contributed by atoms with Gasteiger partial charge < -0.3 is 19.7 Å². The minimum absolute atomic E-state index is 0.0301. The normalized spacial score (nSPS) is 12.1. The van der Waals surface area contributed by atoms with E-state index < -0.39 is 30.1 Å². The Morgan fingerprint density at radius 3 is 2.12 bits per heavy atom. The zero-order valence-corrected chi connectivity index (χ0v) is 20.1. The summed E-state index contributed by atoms with van der Waals surface area (Å²) < 4.78 is 11.2. The highest BCUT2D eigenvalue weighted by Gasteiger charge is 2.25. The van der Waals surface area contributed by atoms with Crippen LogP contribution >= 0.6 is 0 Å². The summed E-state index contributed by atoms with van der Waals surface area (Å²) in [5, 5.41) is 18.7. The van der Waals surface area contributed by atoms with Gasteiger partial charge >= 0.3 is 11.9 Å². The second-order valence-corrected chi connectivity index (χ2v) is 8.83. The van der Waals surface area contributed by atoms with Gasteiger partial charge in [0, 0.05) is 11.1 Å². The molecule has 0 amide bonds. The van der Waals surface area contributed by atoms with Gasteiger partial charge in [-0.3, -0.25) is 9.59 Å². The molecule has 1 unspecified atom stereocenters. The Morgan fingerprint density at radius 2 is 1.58 bits per heavy atom. The predicted molar refractivity (Wildman–Crippen MR) is 126 cm³/mol. The lowest BCUT2D eigenvalue weighted by Gasteiger charge is -2.20. The number of aliphatic hydroxyl groups is 1. The zero-order chi connectivity index (χ0) is 24.9. The molecule has 0 aliphatic carbocycles. The Bertz CT molecular complexity index is 775. The molecule has 0 saturated heterocycles. The lowest BCUT2D eigenvalue weighted by atomic mass is 9.97. The van der Waals surface area contributed by atoms with Crippen molar-refractivity contribution in [1.82, 2.24) is 0 Å². The molecule has 1 rings (SSSR count). The fourth-order valence-electron chi connectivity index (χ4n) is 3.26. The van der Waals surface area contributed by atoms with Gasteiger partial charge in [-0.1, -0.05) is 52.0 Å². The Morgan fingerprint density at radius 1 is 1.00 bits per heavy atom. The summed E-state index contributed by atoms with van der Waals surface area (Å²) in [7, 11) is 0. The first-order valence-electron chi connectivity index (χ1n) is 11.6. The Kier molecular flexibility index (Phi) is 12.4. The largest absolute Gasteiger partial charge is 0.487 e. The van der Waals surface area contributed by atoms with Crippen LogP contribution in [0.5, 0.6) is 5.75 Å². The number of carbonyl (C=O) groups is 3. The number of carboxylic acid groups (broad SMARTS) is 1. The van der Waals surface area contributed by atoms with Crippen molar-refractivity contribution in [2.24, 2.45) is 0 Å². The minimum Gasteiger partial charge on any atom is -0.487 e. The number of rotatable bonds is 17. The Balaban J connectivity index is 2.70. The predicted octanol–water partition coefficient (Wildman–Crippen LogP) is 5.10. The summed E-state index contributed by atoms with van der Waals surface area (Å²) in [6.07, 6.45) is 7.73. The number of aliphatic carboxylic acids is 1. The molecule has 184 valence electrons. The Labute approximate surface area is 196 Å². The van der Waals surface area contributed by atoms with Crippen molar-refractivity contribution in [3.63, 3.8) is 0 Å². The van der Waals surface area contributed by atoms with Crippen LogP contribution in [0.1, 0.15) is 88.9 Å². The van der Waals surface area contributed by atoms with Gasteiger partial charge in [0.2, 0.25) is 0 Å². The molecule has 0 heterocycles. The highest BCUT2D eigenvalue weighted by molar-refractivity contribution is 6.01. The third-order valence-electron chi connectivity index (χ3n) is 5.16. The van der Waals surface area contributed by atoms with Gasteiger partial charge in [0.05, 0.1) is 6.42 Å². The van der Waals surface area contributed by atoms with Crippen LogP contribution in [0.4, 0.5) is 0 Å². The van der Waals surface area contributed by atoms with E-state index in [1.165, 1.54) is 39.5 Å². The molecule has 0 aromatic heterocycles. The smallest absolute Gasteiger partial charge is 0.334 e. The molecule has 1 aromatic rings. The first kappa shape index (κ1) is 28.4. The van der Waals surface area contributed by atoms with Crippen molar-refractivity contribution in [3.8, 4) is 5.75 Å². The van der Waals surface area contributed by atoms with Crippen molar-refractivity contribution in [2.75, 3.05) is 6.61 Å². The zero-order valence-electron chi connectivity index (χ0n) is 20.1. The van der Waals surface area contributed by atoms with Crippen molar-refractivity contribution in [3.05, 3.63) is 42.0 Å². The van der Waals surface area contributed by atoms with E-state index in [0.717, 1.165) is 19.3 Å². The number of benzene rings is 1. The maximum absolute atomic E-state index is 12.2. The van der Waals surface area contributed by atoms with Gasteiger partial charge in [-0.15, -0.1) is 0 Å². The fourth-order valence-corrected chi connectivity index (χ4v) is 3.26. The first-order chi connectivity index (χ1) is 15.5. The average molecular weight is 463 g/mol. The summed E-state index contributed by atoms with van der Waals surface area (Å²) in [4.78, 5) is 35.0. The summed E-state index contributed by atoms with van der Waals surface area (Å²) in [5.41, 5.74) is -1.21. The van der Waals surface area contributed by atoms with E-state index in [2.05, 4.69) is 13.5 Å². The molecule has 7 nitrogen and oxygen atoms in total. The van der Waals surface area contributed by atoms with Gasteiger partial charge in [-0.2, -0.15) is 0 Å². The van der Waals surface area contributed by atoms with Crippen molar-refractivity contribution < 1.29 is 34.1 Å². The third kappa shape index (κ3) is 11.7. The molecular formula is C26H38O7. The molecule has 7 heteroatoms. The van der Waals surface area contributed by atoms with E-state index in [1.807, 2.05) is 0 Å².